The Morgan fingerprint density at radius 3 is 2.11 bits per heavy atom. The van der Waals surface area contributed by atoms with E-state index in [1.54, 1.807) is 7.11 Å². The summed E-state index contributed by atoms with van der Waals surface area (Å²) in [7, 11) is 1.66. The fourth-order valence-corrected chi connectivity index (χ4v) is 3.13. The lowest BCUT2D eigenvalue weighted by Gasteiger charge is -2.21. The van der Waals surface area contributed by atoms with Crippen molar-refractivity contribution in [2.24, 2.45) is 0 Å². The van der Waals surface area contributed by atoms with Crippen LogP contribution < -0.4 is 10.1 Å². The van der Waals surface area contributed by atoms with Crippen molar-refractivity contribution in [1.29, 1.82) is 0 Å². The summed E-state index contributed by atoms with van der Waals surface area (Å²) in [6.07, 6.45) is 0.792. The highest BCUT2D eigenvalue weighted by atomic mass is 16.6. The molecule has 0 aliphatic rings. The van der Waals surface area contributed by atoms with Gasteiger partial charge in [-0.3, -0.25) is 0 Å². The highest BCUT2D eigenvalue weighted by molar-refractivity contribution is 5.88. The van der Waals surface area contributed by atoms with Crippen LogP contribution in [0.3, 0.4) is 0 Å². The Morgan fingerprint density at radius 2 is 1.43 bits per heavy atom. The van der Waals surface area contributed by atoms with E-state index in [4.69, 9.17) is 33.2 Å². The molecule has 0 heterocycles. The molecular formula is C27H43NO7. The standard InChI is InChI=1S/C26H41NO6.CH2O/c1-22(2)27-20-24(21-33-26-11-6-9-23-8-4-5-10-25(23)26)32-13-7-12-29-16-17-31-19-18-30-15-14-28-3;1-2/h4-6,8-11,22,24,27H,7,12-21H2,1-3H3;1H2/t24-;/m0./s1. The van der Waals surface area contributed by atoms with Gasteiger partial charge in [-0.25, -0.2) is 0 Å². The molecule has 0 bridgehead atoms. The first-order chi connectivity index (χ1) is 17.2. The fourth-order valence-electron chi connectivity index (χ4n) is 3.13. The molecular weight excluding hydrogens is 450 g/mol. The molecule has 0 aliphatic heterocycles. The second-order valence-electron chi connectivity index (χ2n) is 8.03. The lowest BCUT2D eigenvalue weighted by molar-refractivity contribution is -0.0980. The van der Waals surface area contributed by atoms with Crippen molar-refractivity contribution < 1.29 is 33.2 Å². The van der Waals surface area contributed by atoms with Gasteiger partial charge in [0, 0.05) is 38.3 Å². The second-order valence-corrected chi connectivity index (χ2v) is 8.03. The van der Waals surface area contributed by atoms with Gasteiger partial charge >= 0.3 is 0 Å². The molecule has 0 unspecified atom stereocenters. The quantitative estimate of drug-likeness (QED) is 0.281. The first-order valence-corrected chi connectivity index (χ1v) is 12.2. The summed E-state index contributed by atoms with van der Waals surface area (Å²) in [6, 6.07) is 14.8. The predicted octanol–water partition coefficient (Wildman–Crippen LogP) is 3.50. The maximum atomic E-state index is 8.00. The average molecular weight is 494 g/mol. The Hall–Kier alpha value is -2.07. The minimum Gasteiger partial charge on any atom is -0.490 e. The summed E-state index contributed by atoms with van der Waals surface area (Å²) in [4.78, 5) is 8.00. The van der Waals surface area contributed by atoms with Gasteiger partial charge in [-0.2, -0.15) is 0 Å². The number of carbonyl (C=O) groups excluding carboxylic acids is 1. The van der Waals surface area contributed by atoms with Crippen LogP contribution in [0.4, 0.5) is 0 Å². The smallest absolute Gasteiger partial charge is 0.127 e. The molecule has 0 amide bonds. The van der Waals surface area contributed by atoms with Crippen molar-refractivity contribution >= 4 is 17.6 Å². The van der Waals surface area contributed by atoms with Gasteiger partial charge in [-0.15, -0.1) is 0 Å². The number of rotatable bonds is 20. The molecule has 1 N–H and O–H groups in total. The van der Waals surface area contributed by atoms with Crippen LogP contribution >= 0.6 is 0 Å². The van der Waals surface area contributed by atoms with Crippen molar-refractivity contribution in [3.8, 4) is 5.75 Å². The largest absolute Gasteiger partial charge is 0.490 e. The predicted molar refractivity (Wildman–Crippen MR) is 138 cm³/mol. The molecule has 0 radical (unpaired) electrons. The number of fused-ring (bicyclic) bond motifs is 1. The minimum absolute atomic E-state index is 0.0344. The van der Waals surface area contributed by atoms with Gasteiger partial charge < -0.3 is 38.5 Å². The van der Waals surface area contributed by atoms with Crippen LogP contribution in [0.25, 0.3) is 10.8 Å². The van der Waals surface area contributed by atoms with E-state index in [1.807, 2.05) is 31.1 Å². The summed E-state index contributed by atoms with van der Waals surface area (Å²) < 4.78 is 33.6. The van der Waals surface area contributed by atoms with Gasteiger partial charge in [0.25, 0.3) is 0 Å². The number of ether oxygens (including phenoxy) is 6. The van der Waals surface area contributed by atoms with Crippen LogP contribution in [0.15, 0.2) is 42.5 Å². The summed E-state index contributed by atoms with van der Waals surface area (Å²) in [6.45, 7) is 12.2. The van der Waals surface area contributed by atoms with E-state index in [2.05, 4.69) is 37.4 Å². The van der Waals surface area contributed by atoms with Crippen LogP contribution in [0.2, 0.25) is 0 Å². The van der Waals surface area contributed by atoms with Gasteiger partial charge in [0.15, 0.2) is 0 Å². The number of hydrogen-bond acceptors (Lipinski definition) is 8. The molecule has 35 heavy (non-hydrogen) atoms. The number of carbonyl (C=O) groups is 1. The maximum Gasteiger partial charge on any atom is 0.127 e. The van der Waals surface area contributed by atoms with Crippen LogP contribution in [0.1, 0.15) is 20.3 Å². The van der Waals surface area contributed by atoms with Crippen LogP contribution in [0, 0.1) is 0 Å². The van der Waals surface area contributed by atoms with Gasteiger partial charge in [-0.05, 0) is 17.9 Å². The zero-order valence-electron chi connectivity index (χ0n) is 21.5. The van der Waals surface area contributed by atoms with Crippen molar-refractivity contribution in [2.75, 3.05) is 73.1 Å². The first kappa shape index (κ1) is 31.0. The van der Waals surface area contributed by atoms with Gasteiger partial charge in [0.1, 0.15) is 25.2 Å². The first-order valence-electron chi connectivity index (χ1n) is 12.2. The molecule has 0 aliphatic carbocycles. The Kier molecular flexibility index (Phi) is 18.8. The monoisotopic (exact) mass is 493 g/mol. The van der Waals surface area contributed by atoms with Gasteiger partial charge in [-0.1, -0.05) is 50.2 Å². The minimum atomic E-state index is -0.0344. The Bertz CT molecular complexity index is 754. The van der Waals surface area contributed by atoms with Gasteiger partial charge in [0.2, 0.25) is 0 Å². The highest BCUT2D eigenvalue weighted by Gasteiger charge is 2.12. The molecule has 2 aromatic carbocycles. The third-order valence-electron chi connectivity index (χ3n) is 4.89. The lowest BCUT2D eigenvalue weighted by atomic mass is 10.1. The third kappa shape index (κ3) is 14.8. The number of methoxy groups -OCH3 is 1. The van der Waals surface area contributed by atoms with Crippen LogP contribution in [-0.2, 0) is 28.5 Å². The van der Waals surface area contributed by atoms with Crippen molar-refractivity contribution in [1.82, 2.24) is 5.32 Å². The van der Waals surface area contributed by atoms with E-state index >= 15 is 0 Å². The van der Waals surface area contributed by atoms with E-state index in [0.29, 0.717) is 65.5 Å². The van der Waals surface area contributed by atoms with E-state index in [0.717, 1.165) is 24.1 Å². The van der Waals surface area contributed by atoms with E-state index in [-0.39, 0.29) is 6.10 Å². The number of nitrogens with one attached hydrogen (secondary N) is 1. The van der Waals surface area contributed by atoms with Crippen molar-refractivity contribution in [3.05, 3.63) is 42.5 Å². The molecule has 1 atom stereocenters. The molecule has 8 heteroatoms. The average Bonchev–Trinajstić information content (AvgIpc) is 2.89. The molecule has 0 aromatic heterocycles. The third-order valence-corrected chi connectivity index (χ3v) is 4.89. The fraction of sp³-hybridized carbons (Fsp3) is 0.593. The number of benzene rings is 2. The van der Waals surface area contributed by atoms with E-state index in [1.165, 1.54) is 5.39 Å². The zero-order chi connectivity index (χ0) is 25.6. The highest BCUT2D eigenvalue weighted by Crippen LogP contribution is 2.25. The molecule has 0 saturated heterocycles. The van der Waals surface area contributed by atoms with Gasteiger partial charge in [0.05, 0.1) is 39.6 Å². The number of hydrogen-bond donors (Lipinski definition) is 1. The van der Waals surface area contributed by atoms with E-state index < -0.39 is 0 Å². The summed E-state index contributed by atoms with van der Waals surface area (Å²) in [5.74, 6) is 0.888. The Balaban J connectivity index is 0.00000298. The molecule has 198 valence electrons. The maximum absolute atomic E-state index is 8.00. The Morgan fingerprint density at radius 1 is 0.800 bits per heavy atom. The molecule has 8 nitrogen and oxygen atoms in total. The second kappa shape index (κ2) is 21.2. The summed E-state index contributed by atoms with van der Waals surface area (Å²) >= 11 is 0. The molecule has 2 aromatic rings. The van der Waals surface area contributed by atoms with Crippen molar-refractivity contribution in [3.63, 3.8) is 0 Å². The molecule has 2 rings (SSSR count). The SMILES string of the molecule is C=O.COCCOCCOCCOCCCO[C@@H](CNC(C)C)COc1cccc2ccccc12. The normalized spacial score (nSPS) is 11.9. The van der Waals surface area contributed by atoms with Crippen LogP contribution in [0.5, 0.6) is 5.75 Å². The van der Waals surface area contributed by atoms with E-state index in [9.17, 15) is 0 Å². The summed E-state index contributed by atoms with van der Waals surface area (Å²) in [5, 5.41) is 5.74. The van der Waals surface area contributed by atoms with Crippen molar-refractivity contribution in [2.45, 2.75) is 32.4 Å². The summed E-state index contributed by atoms with van der Waals surface area (Å²) in [5.41, 5.74) is 0. The Labute approximate surface area is 210 Å². The van der Waals surface area contributed by atoms with Crippen LogP contribution in [-0.4, -0.2) is 92.1 Å². The molecule has 0 saturated carbocycles. The molecule has 0 spiro atoms. The molecule has 0 fully saturated rings. The zero-order valence-corrected chi connectivity index (χ0v) is 21.5. The lowest BCUT2D eigenvalue weighted by Crippen LogP contribution is -2.37. The topological polar surface area (TPSA) is 84.5 Å².